The molecule has 2 heterocycles. The molecule has 4 N–H and O–H groups in total. The van der Waals surface area contributed by atoms with Crippen LogP contribution in [0.1, 0.15) is 12.3 Å². The first-order valence-electron chi connectivity index (χ1n) is 7.35. The van der Waals surface area contributed by atoms with Gasteiger partial charge in [-0.25, -0.2) is 4.79 Å². The maximum absolute atomic E-state index is 11.9. The molecular formula is C10H16N2O6. The largest absolute Gasteiger partial charge is 0.394 e. The van der Waals surface area contributed by atoms with E-state index in [-0.39, 0.29) is 0 Å². The van der Waals surface area contributed by atoms with Crippen LogP contribution in [0.25, 0.3) is 0 Å². The molecule has 2 rings (SSSR count). The fraction of sp³-hybridized carbons (Fsp3) is 0.800. The fourth-order valence-electron chi connectivity index (χ4n) is 1.85. The van der Waals surface area contributed by atoms with E-state index in [4.69, 9.17) is 15.3 Å². The minimum absolute atomic E-state index is 0.544. The van der Waals surface area contributed by atoms with E-state index in [2.05, 4.69) is 0 Å². The summed E-state index contributed by atoms with van der Waals surface area (Å²) in [7, 11) is 0. The molecule has 0 spiro atoms. The second-order valence-corrected chi connectivity index (χ2v) is 4.06. The minimum atomic E-state index is -2.84. The lowest BCUT2D eigenvalue weighted by Crippen LogP contribution is -2.59. The Balaban J connectivity index is 2.30. The van der Waals surface area contributed by atoms with E-state index in [1.165, 1.54) is 0 Å². The van der Waals surface area contributed by atoms with Crippen molar-refractivity contribution in [2.45, 2.75) is 31.4 Å². The number of aliphatic hydroxyl groups is 3. The molecule has 2 saturated heterocycles. The van der Waals surface area contributed by atoms with Crippen LogP contribution in [0, 0.1) is 5.92 Å². The lowest BCUT2D eigenvalue weighted by molar-refractivity contribution is -0.130. The standard InChI is InChI=1S/C10H16N2O6/c1-4-2-12(10(17)11-8(4)16)9-7(15)6(14)5(3-13)18-9/h4-7,9,13-15H,2-3H2,1H3,(H,11,16,17)/i1D3,2D. The zero-order valence-electron chi connectivity index (χ0n) is 13.2. The van der Waals surface area contributed by atoms with Crippen molar-refractivity contribution >= 4 is 11.9 Å². The van der Waals surface area contributed by atoms with Gasteiger partial charge in [-0.2, -0.15) is 0 Å². The molecule has 0 bridgehead atoms. The molecule has 0 aromatic heterocycles. The maximum atomic E-state index is 11.9. The van der Waals surface area contributed by atoms with Crippen LogP contribution in [0.4, 0.5) is 4.79 Å². The van der Waals surface area contributed by atoms with Crippen molar-refractivity contribution in [3.8, 4) is 0 Å². The van der Waals surface area contributed by atoms with Gasteiger partial charge in [-0.15, -0.1) is 0 Å². The van der Waals surface area contributed by atoms with Crippen molar-refractivity contribution in [1.29, 1.82) is 0 Å². The van der Waals surface area contributed by atoms with Crippen molar-refractivity contribution in [3.63, 3.8) is 0 Å². The van der Waals surface area contributed by atoms with Gasteiger partial charge in [0.05, 0.1) is 13.9 Å². The van der Waals surface area contributed by atoms with Crippen LogP contribution in [0.5, 0.6) is 0 Å². The molecule has 2 aliphatic rings. The SMILES string of the molecule is [2H]C1C(C([2H])([2H])[2H])C(=O)NC(=O)N1C1OC(CO)C(O)C1O. The summed E-state index contributed by atoms with van der Waals surface area (Å²) in [4.78, 5) is 24.1. The summed E-state index contributed by atoms with van der Waals surface area (Å²) in [5.74, 6) is -2.95. The Morgan fingerprint density at radius 3 is 2.83 bits per heavy atom. The number of imide groups is 1. The normalized spacial score (nSPS) is 49.2. The zero-order chi connectivity index (χ0) is 16.8. The van der Waals surface area contributed by atoms with Gasteiger partial charge in [0.2, 0.25) is 5.91 Å². The van der Waals surface area contributed by atoms with Crippen LogP contribution < -0.4 is 5.32 Å². The van der Waals surface area contributed by atoms with Crippen LogP contribution in [-0.4, -0.2) is 69.8 Å². The molecule has 8 nitrogen and oxygen atoms in total. The molecule has 18 heavy (non-hydrogen) atoms. The van der Waals surface area contributed by atoms with E-state index in [1.807, 2.05) is 0 Å². The Labute approximate surface area is 109 Å². The third-order valence-corrected chi connectivity index (χ3v) is 2.85. The molecular weight excluding hydrogens is 244 g/mol. The van der Waals surface area contributed by atoms with Gasteiger partial charge in [0.25, 0.3) is 0 Å². The quantitative estimate of drug-likeness (QED) is 0.442. The van der Waals surface area contributed by atoms with E-state index in [1.54, 1.807) is 5.32 Å². The number of nitrogens with zero attached hydrogens (tertiary/aromatic N) is 1. The third-order valence-electron chi connectivity index (χ3n) is 2.85. The van der Waals surface area contributed by atoms with Crippen molar-refractivity contribution in [2.75, 3.05) is 13.1 Å². The number of carbonyl (C=O) groups is 2. The number of aliphatic hydroxyl groups excluding tert-OH is 3. The Morgan fingerprint density at radius 2 is 2.28 bits per heavy atom. The summed E-state index contributed by atoms with van der Waals surface area (Å²) in [5, 5.41) is 30.4. The number of hydrogen-bond donors (Lipinski definition) is 4. The molecule has 6 atom stereocenters. The number of amides is 3. The van der Waals surface area contributed by atoms with Gasteiger partial charge in [-0.05, 0) is 0 Å². The lowest BCUT2D eigenvalue weighted by Gasteiger charge is -2.35. The summed E-state index contributed by atoms with van der Waals surface area (Å²) in [6.45, 7) is -5.32. The molecule has 2 fully saturated rings. The number of urea groups is 1. The predicted molar refractivity (Wildman–Crippen MR) is 57.2 cm³/mol. The highest BCUT2D eigenvalue weighted by molar-refractivity contribution is 5.97. The molecule has 0 saturated carbocycles. The van der Waals surface area contributed by atoms with Gasteiger partial charge in [-0.3, -0.25) is 15.0 Å². The maximum Gasteiger partial charge on any atom is 0.326 e. The summed E-state index contributed by atoms with van der Waals surface area (Å²) >= 11 is 0. The van der Waals surface area contributed by atoms with E-state index in [9.17, 15) is 19.8 Å². The number of nitrogens with one attached hydrogen (secondary N) is 1. The van der Waals surface area contributed by atoms with Gasteiger partial charge < -0.3 is 20.1 Å². The molecule has 6 unspecified atom stereocenters. The molecule has 8 heteroatoms. The Morgan fingerprint density at radius 1 is 1.56 bits per heavy atom. The number of ether oxygens (including phenoxy) is 1. The Hall–Kier alpha value is -1.22. The number of carbonyl (C=O) groups excluding carboxylic acids is 2. The van der Waals surface area contributed by atoms with E-state index < -0.39 is 62.4 Å². The minimum Gasteiger partial charge on any atom is -0.394 e. The summed E-state index contributed by atoms with van der Waals surface area (Å²) in [6, 6.07) is -1.11. The average molecular weight is 264 g/mol. The first-order valence-corrected chi connectivity index (χ1v) is 5.27. The van der Waals surface area contributed by atoms with Crippen molar-refractivity contribution in [3.05, 3.63) is 0 Å². The van der Waals surface area contributed by atoms with E-state index >= 15 is 0 Å². The smallest absolute Gasteiger partial charge is 0.326 e. The summed E-state index contributed by atoms with van der Waals surface area (Å²) in [5.41, 5.74) is 0. The first kappa shape index (κ1) is 8.81. The topological polar surface area (TPSA) is 119 Å². The molecule has 0 radical (unpaired) electrons. The average Bonchev–Trinajstić information content (AvgIpc) is 2.64. The molecule has 0 aromatic carbocycles. The summed E-state index contributed by atoms with van der Waals surface area (Å²) in [6.07, 6.45) is -5.91. The fourth-order valence-corrected chi connectivity index (χ4v) is 1.85. The zero-order valence-corrected chi connectivity index (χ0v) is 9.18. The molecule has 0 aromatic rings. The van der Waals surface area contributed by atoms with E-state index in [0.717, 1.165) is 0 Å². The highest BCUT2D eigenvalue weighted by Gasteiger charge is 2.48. The highest BCUT2D eigenvalue weighted by Crippen LogP contribution is 2.25. The highest BCUT2D eigenvalue weighted by atomic mass is 16.6. The monoisotopic (exact) mass is 264 g/mol. The number of rotatable bonds is 2. The van der Waals surface area contributed by atoms with Crippen molar-refractivity contribution < 1.29 is 35.1 Å². The number of hydrogen-bond acceptors (Lipinski definition) is 6. The molecule has 3 amide bonds. The van der Waals surface area contributed by atoms with Gasteiger partial charge in [0.1, 0.15) is 18.3 Å². The third kappa shape index (κ3) is 2.07. The lowest BCUT2D eigenvalue weighted by atomic mass is 10.1. The van der Waals surface area contributed by atoms with Gasteiger partial charge in [0, 0.05) is 10.6 Å². The van der Waals surface area contributed by atoms with Crippen LogP contribution in [-0.2, 0) is 9.53 Å². The van der Waals surface area contributed by atoms with Crippen molar-refractivity contribution in [1.82, 2.24) is 10.2 Å². The Kier molecular flexibility index (Phi) is 2.35. The van der Waals surface area contributed by atoms with Gasteiger partial charge in [-0.1, -0.05) is 6.85 Å². The van der Waals surface area contributed by atoms with Crippen molar-refractivity contribution in [2.24, 2.45) is 5.92 Å². The van der Waals surface area contributed by atoms with Gasteiger partial charge >= 0.3 is 6.03 Å². The second-order valence-electron chi connectivity index (χ2n) is 4.06. The molecule has 2 aliphatic heterocycles. The predicted octanol–water partition coefficient (Wildman–Crippen LogP) is -2.39. The van der Waals surface area contributed by atoms with Crippen LogP contribution in [0.15, 0.2) is 0 Å². The Bertz CT molecular complexity index is 475. The molecule has 0 aliphatic carbocycles. The second kappa shape index (κ2) is 4.81. The van der Waals surface area contributed by atoms with Gasteiger partial charge in [0.15, 0.2) is 6.23 Å². The summed E-state index contributed by atoms with van der Waals surface area (Å²) < 4.78 is 34.9. The van der Waals surface area contributed by atoms with Crippen LogP contribution in [0.2, 0.25) is 0 Å². The van der Waals surface area contributed by atoms with Crippen LogP contribution >= 0.6 is 0 Å². The molecule has 102 valence electrons. The van der Waals surface area contributed by atoms with E-state index in [0.29, 0.717) is 4.90 Å². The van der Waals surface area contributed by atoms with Crippen LogP contribution in [0.3, 0.4) is 0 Å². The first-order chi connectivity index (χ1) is 10.1.